The molecule has 0 aliphatic rings. The third-order valence-electron chi connectivity index (χ3n) is 3.52. The highest BCUT2D eigenvalue weighted by Gasteiger charge is 2.07. The van der Waals surface area contributed by atoms with Crippen molar-refractivity contribution in [2.24, 2.45) is 0 Å². The molecule has 0 radical (unpaired) electrons. The van der Waals surface area contributed by atoms with E-state index in [0.717, 1.165) is 0 Å². The van der Waals surface area contributed by atoms with Gasteiger partial charge in [0, 0.05) is 27.6 Å². The number of anilines is 3. The summed E-state index contributed by atoms with van der Waals surface area (Å²) in [6.07, 6.45) is 0. The Hall–Kier alpha value is -3.31. The Morgan fingerprint density at radius 3 is 1.96 bits per heavy atom. The number of hydrogen-bond acceptors (Lipinski definition) is 2. The summed E-state index contributed by atoms with van der Waals surface area (Å²) < 4.78 is 0. The first kappa shape index (κ1) is 17.5. The smallest absolute Gasteiger partial charge is 0.322 e. The summed E-state index contributed by atoms with van der Waals surface area (Å²) in [6.45, 7) is 0. The second-order valence-electron chi connectivity index (χ2n) is 5.49. The van der Waals surface area contributed by atoms with Gasteiger partial charge in [0.05, 0.1) is 0 Å². The van der Waals surface area contributed by atoms with E-state index in [4.69, 9.17) is 11.6 Å². The lowest BCUT2D eigenvalue weighted by Crippen LogP contribution is -2.19. The highest BCUT2D eigenvalue weighted by Crippen LogP contribution is 2.17. The second-order valence-corrected chi connectivity index (χ2v) is 5.92. The van der Waals surface area contributed by atoms with Crippen molar-refractivity contribution >= 4 is 40.6 Å². The molecule has 3 rings (SSSR count). The summed E-state index contributed by atoms with van der Waals surface area (Å²) in [6, 6.07) is 22.2. The zero-order chi connectivity index (χ0) is 18.4. The van der Waals surface area contributed by atoms with Crippen molar-refractivity contribution in [2.45, 2.75) is 0 Å². The Morgan fingerprint density at radius 2 is 1.27 bits per heavy atom. The molecular weight excluding hydrogens is 350 g/mol. The number of hydrogen-bond donors (Lipinski definition) is 3. The van der Waals surface area contributed by atoms with Crippen LogP contribution >= 0.6 is 11.6 Å². The highest BCUT2D eigenvalue weighted by atomic mass is 35.5. The molecule has 0 aromatic heterocycles. The first-order valence-corrected chi connectivity index (χ1v) is 8.28. The molecule has 0 aliphatic carbocycles. The largest absolute Gasteiger partial charge is 0.323 e. The molecule has 3 N–H and O–H groups in total. The minimum atomic E-state index is -0.390. The molecule has 5 nitrogen and oxygen atoms in total. The zero-order valence-corrected chi connectivity index (χ0v) is 14.5. The number of halogens is 1. The minimum Gasteiger partial charge on any atom is -0.322 e. The van der Waals surface area contributed by atoms with E-state index < -0.39 is 0 Å². The molecule has 26 heavy (non-hydrogen) atoms. The summed E-state index contributed by atoms with van der Waals surface area (Å²) in [5, 5.41) is 8.83. The van der Waals surface area contributed by atoms with Crippen LogP contribution in [0, 0.1) is 0 Å². The maximum absolute atomic E-state index is 12.2. The van der Waals surface area contributed by atoms with Crippen LogP contribution in [0.2, 0.25) is 5.02 Å². The number of amides is 3. The summed E-state index contributed by atoms with van der Waals surface area (Å²) in [5.74, 6) is -0.214. The third kappa shape index (κ3) is 4.84. The Bertz CT molecular complexity index is 912. The summed E-state index contributed by atoms with van der Waals surface area (Å²) in [5.41, 5.74) is 2.33. The van der Waals surface area contributed by atoms with E-state index >= 15 is 0 Å². The van der Waals surface area contributed by atoms with Crippen LogP contribution in [0.4, 0.5) is 21.9 Å². The fourth-order valence-corrected chi connectivity index (χ4v) is 2.42. The van der Waals surface area contributed by atoms with E-state index in [1.165, 1.54) is 0 Å². The average molecular weight is 366 g/mol. The van der Waals surface area contributed by atoms with E-state index in [-0.39, 0.29) is 11.9 Å². The molecule has 0 bridgehead atoms. The Morgan fingerprint density at radius 1 is 0.654 bits per heavy atom. The molecule has 0 atom stereocenters. The van der Waals surface area contributed by atoms with Crippen LogP contribution in [0.5, 0.6) is 0 Å². The van der Waals surface area contributed by atoms with Crippen molar-refractivity contribution < 1.29 is 9.59 Å². The first-order valence-electron chi connectivity index (χ1n) is 7.90. The van der Waals surface area contributed by atoms with Crippen LogP contribution in [0.3, 0.4) is 0 Å². The number of nitrogens with one attached hydrogen (secondary N) is 3. The number of rotatable bonds is 4. The molecule has 0 fully saturated rings. The van der Waals surface area contributed by atoms with E-state index in [2.05, 4.69) is 16.0 Å². The summed E-state index contributed by atoms with van der Waals surface area (Å²) in [4.78, 5) is 24.3. The fraction of sp³-hybridized carbons (Fsp3) is 0. The van der Waals surface area contributed by atoms with Crippen LogP contribution in [0.15, 0.2) is 78.9 Å². The molecule has 0 heterocycles. The van der Waals surface area contributed by atoms with Gasteiger partial charge in [-0.25, -0.2) is 4.79 Å². The molecule has 6 heteroatoms. The lowest BCUT2D eigenvalue weighted by Gasteiger charge is -2.10. The van der Waals surface area contributed by atoms with Crippen molar-refractivity contribution in [2.75, 3.05) is 16.0 Å². The van der Waals surface area contributed by atoms with Crippen molar-refractivity contribution in [1.82, 2.24) is 0 Å². The maximum Gasteiger partial charge on any atom is 0.323 e. The quantitative estimate of drug-likeness (QED) is 0.592. The monoisotopic (exact) mass is 365 g/mol. The molecule has 3 aromatic rings. The van der Waals surface area contributed by atoms with Gasteiger partial charge >= 0.3 is 6.03 Å². The maximum atomic E-state index is 12.2. The number of carbonyl (C=O) groups excluding carboxylic acids is 2. The lowest BCUT2D eigenvalue weighted by molar-refractivity contribution is 0.102. The van der Waals surface area contributed by atoms with E-state index in [1.807, 2.05) is 6.07 Å². The topological polar surface area (TPSA) is 70.2 Å². The summed E-state index contributed by atoms with van der Waals surface area (Å²) in [7, 11) is 0. The van der Waals surface area contributed by atoms with Gasteiger partial charge in [-0.1, -0.05) is 35.9 Å². The van der Waals surface area contributed by atoms with Crippen LogP contribution in [0.1, 0.15) is 10.4 Å². The van der Waals surface area contributed by atoms with Gasteiger partial charge < -0.3 is 16.0 Å². The predicted molar refractivity (Wildman–Crippen MR) is 105 cm³/mol. The Labute approximate surface area is 156 Å². The van der Waals surface area contributed by atoms with Crippen LogP contribution < -0.4 is 16.0 Å². The molecule has 0 aliphatic heterocycles. The molecule has 0 saturated carbocycles. The van der Waals surface area contributed by atoms with Crippen LogP contribution in [-0.2, 0) is 0 Å². The van der Waals surface area contributed by atoms with Crippen molar-refractivity contribution in [3.63, 3.8) is 0 Å². The van der Waals surface area contributed by atoms with Crippen LogP contribution in [0.25, 0.3) is 0 Å². The molecule has 3 aromatic carbocycles. The molecule has 130 valence electrons. The third-order valence-corrected chi connectivity index (χ3v) is 3.77. The van der Waals surface area contributed by atoms with Crippen molar-refractivity contribution in [3.05, 3.63) is 89.4 Å². The van der Waals surface area contributed by atoms with Gasteiger partial charge in [0.15, 0.2) is 0 Å². The molecule has 0 unspecified atom stereocenters. The van der Waals surface area contributed by atoms with Gasteiger partial charge in [0.2, 0.25) is 0 Å². The lowest BCUT2D eigenvalue weighted by atomic mass is 10.2. The number of urea groups is 1. The first-order chi connectivity index (χ1) is 12.6. The Balaban J connectivity index is 1.62. The van der Waals surface area contributed by atoms with Gasteiger partial charge in [-0.15, -0.1) is 0 Å². The van der Waals surface area contributed by atoms with Gasteiger partial charge in [-0.3, -0.25) is 4.79 Å². The number of carbonyl (C=O) groups is 2. The van der Waals surface area contributed by atoms with Crippen molar-refractivity contribution in [3.8, 4) is 0 Å². The fourth-order valence-electron chi connectivity index (χ4n) is 2.29. The zero-order valence-electron chi connectivity index (χ0n) is 13.7. The second kappa shape index (κ2) is 8.18. The molecule has 0 saturated heterocycles. The minimum absolute atomic E-state index is 0.214. The SMILES string of the molecule is O=C(Nc1ccc(Cl)cc1)Nc1cccc(NC(=O)c2ccccc2)c1. The van der Waals surface area contributed by atoms with E-state index in [1.54, 1.807) is 72.8 Å². The van der Waals surface area contributed by atoms with E-state index in [9.17, 15) is 9.59 Å². The summed E-state index contributed by atoms with van der Waals surface area (Å²) >= 11 is 5.82. The highest BCUT2D eigenvalue weighted by molar-refractivity contribution is 6.30. The van der Waals surface area contributed by atoms with Gasteiger partial charge in [0.1, 0.15) is 0 Å². The van der Waals surface area contributed by atoms with Crippen molar-refractivity contribution in [1.29, 1.82) is 0 Å². The standard InChI is InChI=1S/C20H16ClN3O2/c21-15-9-11-16(12-10-15)23-20(26)24-18-8-4-7-17(13-18)22-19(25)14-5-2-1-3-6-14/h1-13H,(H,22,25)(H2,23,24,26). The van der Waals surface area contributed by atoms with Crippen LogP contribution in [-0.4, -0.2) is 11.9 Å². The normalized spacial score (nSPS) is 10.0. The van der Waals surface area contributed by atoms with Gasteiger partial charge in [-0.2, -0.15) is 0 Å². The molecule has 3 amide bonds. The molecular formula is C20H16ClN3O2. The Kier molecular flexibility index (Phi) is 5.51. The molecule has 0 spiro atoms. The average Bonchev–Trinajstić information content (AvgIpc) is 2.64. The predicted octanol–water partition coefficient (Wildman–Crippen LogP) is 5.24. The van der Waals surface area contributed by atoms with Gasteiger partial charge in [-0.05, 0) is 54.6 Å². The van der Waals surface area contributed by atoms with Gasteiger partial charge in [0.25, 0.3) is 5.91 Å². The van der Waals surface area contributed by atoms with E-state index in [0.29, 0.717) is 27.6 Å². The number of benzene rings is 3.